The fourth-order valence-corrected chi connectivity index (χ4v) is 4.39. The van der Waals surface area contributed by atoms with Crippen LogP contribution in [0.2, 0.25) is 0 Å². The molecule has 0 bridgehead atoms. The molecular formula is C21H28N4O2S. The Morgan fingerprint density at radius 3 is 2.75 bits per heavy atom. The van der Waals surface area contributed by atoms with Crippen LogP contribution >= 0.6 is 11.8 Å². The molecule has 0 saturated heterocycles. The highest BCUT2D eigenvalue weighted by molar-refractivity contribution is 7.99. The number of hydrogen-bond donors (Lipinski definition) is 1. The number of rotatable bonds is 9. The molecule has 0 radical (unpaired) electrons. The molecule has 0 aliphatic heterocycles. The van der Waals surface area contributed by atoms with Gasteiger partial charge in [-0.3, -0.25) is 9.59 Å². The molecule has 0 aliphatic rings. The van der Waals surface area contributed by atoms with E-state index in [1.807, 2.05) is 47.5 Å². The third kappa shape index (κ3) is 3.94. The first-order valence-corrected chi connectivity index (χ1v) is 11.1. The first kappa shape index (κ1) is 20.5. The van der Waals surface area contributed by atoms with Gasteiger partial charge in [0.05, 0.1) is 11.7 Å². The number of aryl methyl sites for hydroxylation is 1. The van der Waals surface area contributed by atoms with Crippen LogP contribution in [-0.2, 0) is 11.8 Å². The van der Waals surface area contributed by atoms with Crippen molar-refractivity contribution in [2.45, 2.75) is 39.2 Å². The standard InChI is InChI=1S/C21H28N4O2S/c1-4-12-28-13-8-11-22-20(26)17(5-2)25-18-10-7-6-9-15(18)16-14-23-24(3)21(27)19(16)25/h6-7,9-10,14,17H,4-5,8,11-13H2,1-3H3,(H,22,26)/t17-/m1/s1. The van der Waals surface area contributed by atoms with Crippen molar-refractivity contribution in [3.8, 4) is 0 Å². The minimum atomic E-state index is -0.430. The predicted octanol–water partition coefficient (Wildman–Crippen LogP) is 3.49. The van der Waals surface area contributed by atoms with E-state index in [1.165, 1.54) is 11.1 Å². The van der Waals surface area contributed by atoms with Gasteiger partial charge in [-0.25, -0.2) is 4.68 Å². The molecule has 3 rings (SSSR count). The third-order valence-corrected chi connectivity index (χ3v) is 6.19. The summed E-state index contributed by atoms with van der Waals surface area (Å²) in [5.41, 5.74) is 1.25. The summed E-state index contributed by atoms with van der Waals surface area (Å²) < 4.78 is 3.23. The van der Waals surface area contributed by atoms with E-state index < -0.39 is 6.04 Å². The largest absolute Gasteiger partial charge is 0.354 e. The Balaban J connectivity index is 1.94. The number of nitrogens with one attached hydrogen (secondary N) is 1. The minimum absolute atomic E-state index is 0.0375. The second kappa shape index (κ2) is 9.28. The summed E-state index contributed by atoms with van der Waals surface area (Å²) in [5, 5.41) is 8.98. The van der Waals surface area contributed by atoms with E-state index in [4.69, 9.17) is 0 Å². The maximum absolute atomic E-state index is 13.0. The number of amides is 1. The Bertz CT molecular complexity index is 1020. The van der Waals surface area contributed by atoms with Gasteiger partial charge < -0.3 is 9.88 Å². The number of nitrogens with zero attached hydrogens (tertiary/aromatic N) is 3. The molecule has 0 unspecified atom stereocenters. The average Bonchev–Trinajstić information content (AvgIpc) is 3.03. The van der Waals surface area contributed by atoms with Gasteiger partial charge in [0.1, 0.15) is 11.6 Å². The zero-order valence-corrected chi connectivity index (χ0v) is 17.6. The number of thioether (sulfide) groups is 1. The first-order valence-electron chi connectivity index (χ1n) is 9.90. The average molecular weight is 401 g/mol. The maximum atomic E-state index is 13.0. The van der Waals surface area contributed by atoms with Crippen LogP contribution in [0.4, 0.5) is 0 Å². The molecule has 7 heteroatoms. The Morgan fingerprint density at radius 2 is 2.00 bits per heavy atom. The van der Waals surface area contributed by atoms with E-state index >= 15 is 0 Å². The van der Waals surface area contributed by atoms with Crippen LogP contribution in [0, 0.1) is 0 Å². The molecule has 2 heterocycles. The highest BCUT2D eigenvalue weighted by Crippen LogP contribution is 2.30. The third-order valence-electron chi connectivity index (χ3n) is 4.92. The highest BCUT2D eigenvalue weighted by atomic mass is 32.2. The number of fused-ring (bicyclic) bond motifs is 3. The van der Waals surface area contributed by atoms with Crippen molar-refractivity contribution in [1.82, 2.24) is 19.7 Å². The topological polar surface area (TPSA) is 68.9 Å². The fourth-order valence-electron chi connectivity index (χ4n) is 3.55. The van der Waals surface area contributed by atoms with Gasteiger partial charge in [0.25, 0.3) is 5.56 Å². The normalized spacial score (nSPS) is 12.5. The number of benzene rings is 1. The van der Waals surface area contributed by atoms with Crippen molar-refractivity contribution < 1.29 is 4.79 Å². The van der Waals surface area contributed by atoms with Crippen LogP contribution in [0.25, 0.3) is 21.8 Å². The smallest absolute Gasteiger partial charge is 0.291 e. The van der Waals surface area contributed by atoms with Gasteiger partial charge in [-0.2, -0.15) is 16.9 Å². The summed E-state index contributed by atoms with van der Waals surface area (Å²) in [4.78, 5) is 25.8. The molecule has 1 N–H and O–H groups in total. The van der Waals surface area contributed by atoms with Crippen LogP contribution in [0.15, 0.2) is 35.3 Å². The zero-order chi connectivity index (χ0) is 20.1. The van der Waals surface area contributed by atoms with Gasteiger partial charge in [0, 0.05) is 24.4 Å². The van der Waals surface area contributed by atoms with Gasteiger partial charge in [-0.05, 0) is 36.8 Å². The fraction of sp³-hybridized carbons (Fsp3) is 0.476. The summed E-state index contributed by atoms with van der Waals surface area (Å²) >= 11 is 1.92. The zero-order valence-electron chi connectivity index (χ0n) is 16.8. The summed E-state index contributed by atoms with van der Waals surface area (Å²) in [6.07, 6.45) is 4.44. The van der Waals surface area contributed by atoms with Crippen molar-refractivity contribution in [3.63, 3.8) is 0 Å². The molecule has 0 aliphatic carbocycles. The van der Waals surface area contributed by atoms with Gasteiger partial charge in [0.2, 0.25) is 5.91 Å². The molecule has 0 saturated carbocycles. The van der Waals surface area contributed by atoms with Gasteiger partial charge in [0.15, 0.2) is 0 Å². The molecule has 3 aromatic rings. The highest BCUT2D eigenvalue weighted by Gasteiger charge is 2.25. The lowest BCUT2D eigenvalue weighted by molar-refractivity contribution is -0.124. The van der Waals surface area contributed by atoms with Gasteiger partial charge >= 0.3 is 0 Å². The molecule has 1 aromatic carbocycles. The molecule has 28 heavy (non-hydrogen) atoms. The van der Waals surface area contributed by atoms with E-state index in [0.717, 1.165) is 34.2 Å². The summed E-state index contributed by atoms with van der Waals surface area (Å²) in [6.45, 7) is 4.81. The van der Waals surface area contributed by atoms with E-state index in [2.05, 4.69) is 17.3 Å². The molecular weight excluding hydrogens is 372 g/mol. The van der Waals surface area contributed by atoms with E-state index in [0.29, 0.717) is 18.5 Å². The van der Waals surface area contributed by atoms with Crippen molar-refractivity contribution >= 4 is 39.5 Å². The number of para-hydroxylation sites is 1. The first-order chi connectivity index (χ1) is 13.6. The summed E-state index contributed by atoms with van der Waals surface area (Å²) in [6, 6.07) is 7.39. The number of aromatic nitrogens is 3. The monoisotopic (exact) mass is 400 g/mol. The number of carbonyl (C=O) groups excluding carboxylic acids is 1. The molecule has 6 nitrogen and oxygen atoms in total. The number of carbonyl (C=O) groups is 1. The summed E-state index contributed by atoms with van der Waals surface area (Å²) in [5.74, 6) is 2.17. The molecule has 150 valence electrons. The molecule has 0 spiro atoms. The van der Waals surface area contributed by atoms with E-state index in [1.54, 1.807) is 13.2 Å². The van der Waals surface area contributed by atoms with Crippen LogP contribution in [0.5, 0.6) is 0 Å². The molecule has 1 amide bonds. The second-order valence-corrected chi connectivity index (χ2v) is 8.13. The van der Waals surface area contributed by atoms with E-state index in [9.17, 15) is 9.59 Å². The van der Waals surface area contributed by atoms with Crippen LogP contribution < -0.4 is 10.9 Å². The summed E-state index contributed by atoms with van der Waals surface area (Å²) in [7, 11) is 1.64. The van der Waals surface area contributed by atoms with Gasteiger partial charge in [-0.1, -0.05) is 32.0 Å². The Hall–Kier alpha value is -2.28. The SMILES string of the molecule is CCCSCCCNC(=O)[C@@H](CC)n1c2ccccc2c2cnn(C)c(=O)c21. The van der Waals surface area contributed by atoms with Gasteiger partial charge in [-0.15, -0.1) is 0 Å². The minimum Gasteiger partial charge on any atom is -0.354 e. The number of hydrogen-bond acceptors (Lipinski definition) is 4. The predicted molar refractivity (Wildman–Crippen MR) is 117 cm³/mol. The molecule has 1 atom stereocenters. The lowest BCUT2D eigenvalue weighted by Crippen LogP contribution is -2.34. The van der Waals surface area contributed by atoms with Crippen LogP contribution in [0.1, 0.15) is 39.2 Å². The van der Waals surface area contributed by atoms with E-state index in [-0.39, 0.29) is 11.5 Å². The maximum Gasteiger partial charge on any atom is 0.291 e. The lowest BCUT2D eigenvalue weighted by atomic mass is 10.2. The van der Waals surface area contributed by atoms with Crippen molar-refractivity contribution in [2.75, 3.05) is 18.1 Å². The van der Waals surface area contributed by atoms with Crippen molar-refractivity contribution in [1.29, 1.82) is 0 Å². The molecule has 2 aromatic heterocycles. The van der Waals surface area contributed by atoms with Crippen LogP contribution in [0.3, 0.4) is 0 Å². The van der Waals surface area contributed by atoms with Crippen LogP contribution in [-0.4, -0.2) is 38.3 Å². The van der Waals surface area contributed by atoms with Crippen molar-refractivity contribution in [3.05, 3.63) is 40.8 Å². The quantitative estimate of drug-likeness (QED) is 0.558. The Morgan fingerprint density at radius 1 is 1.21 bits per heavy atom. The lowest BCUT2D eigenvalue weighted by Gasteiger charge is -2.19. The Labute approximate surface area is 169 Å². The van der Waals surface area contributed by atoms with Crippen molar-refractivity contribution in [2.24, 2.45) is 7.05 Å². The second-order valence-electron chi connectivity index (χ2n) is 6.90. The molecule has 0 fully saturated rings. The Kier molecular flexibility index (Phi) is 6.78.